The number of esters is 1. The highest BCUT2D eigenvalue weighted by molar-refractivity contribution is 5.86. The summed E-state index contributed by atoms with van der Waals surface area (Å²) in [5, 5.41) is 11.1. The summed E-state index contributed by atoms with van der Waals surface area (Å²) in [7, 11) is 1.32. The van der Waals surface area contributed by atoms with Gasteiger partial charge < -0.3 is 14.5 Å². The Bertz CT molecular complexity index is 745. The van der Waals surface area contributed by atoms with E-state index < -0.39 is 5.97 Å². The zero-order valence-electron chi connectivity index (χ0n) is 10.8. The topological polar surface area (TPSA) is 80.1 Å². The highest BCUT2D eigenvalue weighted by atomic mass is 16.5. The van der Waals surface area contributed by atoms with Gasteiger partial charge in [0.25, 0.3) is 0 Å². The van der Waals surface area contributed by atoms with E-state index in [1.807, 2.05) is 18.2 Å². The summed E-state index contributed by atoms with van der Waals surface area (Å²) in [4.78, 5) is 11.3. The lowest BCUT2D eigenvalue weighted by Crippen LogP contribution is -2.00. The van der Waals surface area contributed by atoms with Crippen LogP contribution in [0.25, 0.3) is 10.9 Å². The normalized spacial score (nSPS) is 10.7. The number of rotatable bonds is 4. The van der Waals surface area contributed by atoms with Crippen LogP contribution in [0.2, 0.25) is 0 Å². The molecule has 0 amide bonds. The number of hydrogen-bond donors (Lipinski definition) is 2. The lowest BCUT2D eigenvalue weighted by molar-refractivity contribution is 0.0563. The van der Waals surface area contributed by atoms with Crippen molar-refractivity contribution in [3.05, 3.63) is 48.0 Å². The van der Waals surface area contributed by atoms with E-state index >= 15 is 0 Å². The van der Waals surface area contributed by atoms with Crippen LogP contribution in [0.15, 0.2) is 40.9 Å². The third-order valence-electron chi connectivity index (χ3n) is 2.96. The lowest BCUT2D eigenvalue weighted by Gasteiger charge is -2.04. The molecule has 3 rings (SSSR count). The predicted molar refractivity (Wildman–Crippen MR) is 73.5 cm³/mol. The molecule has 0 atom stereocenters. The third kappa shape index (κ3) is 2.35. The van der Waals surface area contributed by atoms with Gasteiger partial charge in [-0.3, -0.25) is 5.10 Å². The minimum atomic E-state index is -0.476. The molecule has 0 aliphatic heterocycles. The van der Waals surface area contributed by atoms with Crippen LogP contribution in [0.5, 0.6) is 0 Å². The number of benzene rings is 1. The van der Waals surface area contributed by atoms with E-state index in [4.69, 9.17) is 4.42 Å². The number of fused-ring (bicyclic) bond motifs is 1. The van der Waals surface area contributed by atoms with Crippen LogP contribution >= 0.6 is 0 Å². The SMILES string of the molecule is COC(=O)c1ccc(CNc2ccc3[nH]ncc3c2)o1. The van der Waals surface area contributed by atoms with Crippen molar-refractivity contribution in [3.8, 4) is 0 Å². The van der Waals surface area contributed by atoms with Crippen LogP contribution in [0.3, 0.4) is 0 Å². The number of nitrogens with one attached hydrogen (secondary N) is 2. The van der Waals surface area contributed by atoms with Gasteiger partial charge in [0.2, 0.25) is 5.76 Å². The second kappa shape index (κ2) is 5.08. The Morgan fingerprint density at radius 1 is 1.40 bits per heavy atom. The van der Waals surface area contributed by atoms with Crippen molar-refractivity contribution in [1.82, 2.24) is 10.2 Å². The molecule has 2 aromatic heterocycles. The largest absolute Gasteiger partial charge is 0.463 e. The fraction of sp³-hybridized carbons (Fsp3) is 0.143. The van der Waals surface area contributed by atoms with Gasteiger partial charge in [0.1, 0.15) is 5.76 Å². The van der Waals surface area contributed by atoms with Gasteiger partial charge in [-0.1, -0.05) is 0 Å². The first-order valence-electron chi connectivity index (χ1n) is 6.10. The van der Waals surface area contributed by atoms with E-state index in [1.165, 1.54) is 7.11 Å². The molecule has 6 nitrogen and oxygen atoms in total. The first kappa shape index (κ1) is 12.3. The maximum absolute atomic E-state index is 11.3. The predicted octanol–water partition coefficient (Wildman–Crippen LogP) is 2.55. The first-order valence-corrected chi connectivity index (χ1v) is 6.10. The number of hydrogen-bond acceptors (Lipinski definition) is 5. The molecule has 20 heavy (non-hydrogen) atoms. The molecule has 0 fully saturated rings. The van der Waals surface area contributed by atoms with Crippen molar-refractivity contribution in [1.29, 1.82) is 0 Å². The van der Waals surface area contributed by atoms with Gasteiger partial charge in [0.05, 0.1) is 25.4 Å². The molecular weight excluding hydrogens is 258 g/mol. The lowest BCUT2D eigenvalue weighted by atomic mass is 10.2. The Morgan fingerprint density at radius 3 is 3.15 bits per heavy atom. The molecule has 3 aromatic rings. The summed E-state index contributed by atoms with van der Waals surface area (Å²) >= 11 is 0. The summed E-state index contributed by atoms with van der Waals surface area (Å²) in [6.45, 7) is 0.486. The number of anilines is 1. The van der Waals surface area contributed by atoms with Crippen molar-refractivity contribution in [2.75, 3.05) is 12.4 Å². The van der Waals surface area contributed by atoms with Gasteiger partial charge in [0.15, 0.2) is 0 Å². The van der Waals surface area contributed by atoms with Crippen LogP contribution in [-0.2, 0) is 11.3 Å². The maximum Gasteiger partial charge on any atom is 0.373 e. The summed E-state index contributed by atoms with van der Waals surface area (Å²) in [5.74, 6) is 0.392. The Hall–Kier alpha value is -2.76. The number of methoxy groups -OCH3 is 1. The molecule has 0 aliphatic rings. The van der Waals surface area contributed by atoms with Gasteiger partial charge in [-0.2, -0.15) is 5.10 Å². The molecule has 2 heterocycles. The smallest absolute Gasteiger partial charge is 0.373 e. The average Bonchev–Trinajstić information content (AvgIpc) is 3.12. The van der Waals surface area contributed by atoms with E-state index in [-0.39, 0.29) is 5.76 Å². The summed E-state index contributed by atoms with van der Waals surface area (Å²) in [6, 6.07) is 9.23. The zero-order chi connectivity index (χ0) is 13.9. The van der Waals surface area contributed by atoms with Crippen molar-refractivity contribution in [3.63, 3.8) is 0 Å². The fourth-order valence-electron chi connectivity index (χ4n) is 1.93. The second-order valence-electron chi connectivity index (χ2n) is 4.28. The van der Waals surface area contributed by atoms with Gasteiger partial charge in [0, 0.05) is 11.1 Å². The second-order valence-corrected chi connectivity index (χ2v) is 4.28. The fourth-order valence-corrected chi connectivity index (χ4v) is 1.93. The summed E-state index contributed by atoms with van der Waals surface area (Å²) in [6.07, 6.45) is 1.77. The minimum absolute atomic E-state index is 0.203. The summed E-state index contributed by atoms with van der Waals surface area (Å²) < 4.78 is 9.96. The Balaban J connectivity index is 1.69. The van der Waals surface area contributed by atoms with Crippen LogP contribution in [0.1, 0.15) is 16.3 Å². The zero-order valence-corrected chi connectivity index (χ0v) is 10.8. The molecule has 0 aliphatic carbocycles. The third-order valence-corrected chi connectivity index (χ3v) is 2.96. The van der Waals surface area contributed by atoms with Crippen molar-refractivity contribution in [2.45, 2.75) is 6.54 Å². The molecule has 0 saturated carbocycles. The average molecular weight is 271 g/mol. The van der Waals surface area contributed by atoms with Gasteiger partial charge >= 0.3 is 5.97 Å². The highest BCUT2D eigenvalue weighted by Crippen LogP contribution is 2.18. The molecule has 0 saturated heterocycles. The maximum atomic E-state index is 11.3. The number of ether oxygens (including phenoxy) is 1. The standard InChI is InChI=1S/C14H13N3O3/c1-19-14(18)13-5-3-11(20-13)8-15-10-2-4-12-9(6-10)7-16-17-12/h2-7,15H,8H2,1H3,(H,16,17). The monoisotopic (exact) mass is 271 g/mol. The molecule has 102 valence electrons. The quantitative estimate of drug-likeness (QED) is 0.713. The van der Waals surface area contributed by atoms with Crippen molar-refractivity contribution in [2.24, 2.45) is 0 Å². The first-order chi connectivity index (χ1) is 9.76. The Kier molecular flexibility index (Phi) is 3.12. The van der Waals surface area contributed by atoms with Crippen LogP contribution in [0.4, 0.5) is 5.69 Å². The Labute approximate surface area is 114 Å². The molecule has 1 aromatic carbocycles. The molecular formula is C14H13N3O3. The number of furan rings is 1. The number of H-pyrrole nitrogens is 1. The molecule has 0 radical (unpaired) electrons. The molecule has 0 bridgehead atoms. The Morgan fingerprint density at radius 2 is 2.30 bits per heavy atom. The molecule has 0 unspecified atom stereocenters. The molecule has 2 N–H and O–H groups in total. The number of carbonyl (C=O) groups is 1. The van der Waals surface area contributed by atoms with E-state index in [1.54, 1.807) is 18.3 Å². The number of aromatic nitrogens is 2. The number of carbonyl (C=O) groups excluding carboxylic acids is 1. The minimum Gasteiger partial charge on any atom is -0.463 e. The van der Waals surface area contributed by atoms with Gasteiger partial charge in [-0.25, -0.2) is 4.79 Å². The van der Waals surface area contributed by atoms with Crippen LogP contribution < -0.4 is 5.32 Å². The molecule has 6 heteroatoms. The molecule has 0 spiro atoms. The van der Waals surface area contributed by atoms with Gasteiger partial charge in [-0.05, 0) is 30.3 Å². The van der Waals surface area contributed by atoms with Gasteiger partial charge in [-0.15, -0.1) is 0 Å². The number of aromatic amines is 1. The van der Waals surface area contributed by atoms with E-state index in [0.29, 0.717) is 12.3 Å². The van der Waals surface area contributed by atoms with Crippen molar-refractivity contribution < 1.29 is 13.9 Å². The summed E-state index contributed by atoms with van der Waals surface area (Å²) in [5.41, 5.74) is 1.94. The number of nitrogens with zero attached hydrogens (tertiary/aromatic N) is 1. The van der Waals surface area contributed by atoms with E-state index in [2.05, 4.69) is 20.3 Å². The van der Waals surface area contributed by atoms with Crippen LogP contribution in [-0.4, -0.2) is 23.3 Å². The van der Waals surface area contributed by atoms with E-state index in [0.717, 1.165) is 16.6 Å². The van der Waals surface area contributed by atoms with Crippen molar-refractivity contribution >= 4 is 22.6 Å². The van der Waals surface area contributed by atoms with E-state index in [9.17, 15) is 4.79 Å². The highest BCUT2D eigenvalue weighted by Gasteiger charge is 2.10. The van der Waals surface area contributed by atoms with Crippen LogP contribution in [0, 0.1) is 0 Å².